The Hall–Kier alpha value is -1.02. The van der Waals surface area contributed by atoms with Gasteiger partial charge in [0.05, 0.1) is 13.2 Å². The summed E-state index contributed by atoms with van der Waals surface area (Å²) in [7, 11) is 1.71. The van der Waals surface area contributed by atoms with E-state index < -0.39 is 0 Å². The van der Waals surface area contributed by atoms with Crippen LogP contribution >= 0.6 is 0 Å². The maximum Gasteiger partial charge on any atom is 0.125 e. The molecule has 1 atom stereocenters. The van der Waals surface area contributed by atoms with Crippen molar-refractivity contribution in [2.24, 2.45) is 5.92 Å². The quantitative estimate of drug-likeness (QED) is 0.884. The first-order chi connectivity index (χ1) is 8.72. The molecular weight excluding hydrogens is 224 g/mol. The van der Waals surface area contributed by atoms with Gasteiger partial charge in [-0.3, -0.25) is 0 Å². The van der Waals surface area contributed by atoms with Crippen molar-refractivity contribution < 1.29 is 9.84 Å². The minimum atomic E-state index is -0.221. The smallest absolute Gasteiger partial charge is 0.125 e. The lowest BCUT2D eigenvalue weighted by atomic mass is 9.83. The summed E-state index contributed by atoms with van der Waals surface area (Å²) in [5.74, 6) is 1.41. The van der Waals surface area contributed by atoms with E-state index in [0.29, 0.717) is 5.92 Å². The Morgan fingerprint density at radius 1 is 1.28 bits per heavy atom. The number of aliphatic hydroxyl groups excluding tert-OH is 1. The number of hydrogen-bond donors (Lipinski definition) is 1. The van der Waals surface area contributed by atoms with Crippen LogP contribution in [0.25, 0.3) is 0 Å². The summed E-state index contributed by atoms with van der Waals surface area (Å²) < 4.78 is 5.45. The summed E-state index contributed by atoms with van der Waals surface area (Å²) in [6.45, 7) is 2.05. The van der Waals surface area contributed by atoms with Crippen LogP contribution in [0.1, 0.15) is 43.2 Å². The van der Waals surface area contributed by atoms with E-state index in [0.717, 1.165) is 23.3 Å². The largest absolute Gasteiger partial charge is 0.496 e. The van der Waals surface area contributed by atoms with Crippen LogP contribution in [0.15, 0.2) is 18.2 Å². The average Bonchev–Trinajstić information content (AvgIpc) is 2.40. The van der Waals surface area contributed by atoms with Gasteiger partial charge in [0, 0.05) is 6.42 Å². The van der Waals surface area contributed by atoms with Gasteiger partial charge in [0.25, 0.3) is 0 Å². The molecule has 1 aromatic rings. The van der Waals surface area contributed by atoms with Crippen molar-refractivity contribution in [3.63, 3.8) is 0 Å². The number of ether oxygens (including phenoxy) is 1. The third-order valence-corrected chi connectivity index (χ3v) is 4.12. The van der Waals surface area contributed by atoms with Gasteiger partial charge in [-0.25, -0.2) is 0 Å². The van der Waals surface area contributed by atoms with E-state index in [9.17, 15) is 5.11 Å². The second-order valence-electron chi connectivity index (χ2n) is 5.44. The third kappa shape index (κ3) is 3.05. The molecule has 1 aliphatic carbocycles. The highest BCUT2D eigenvalue weighted by Crippen LogP contribution is 2.30. The summed E-state index contributed by atoms with van der Waals surface area (Å²) >= 11 is 0. The summed E-state index contributed by atoms with van der Waals surface area (Å²) in [6, 6.07) is 6.16. The first-order valence-electron chi connectivity index (χ1n) is 7.03. The lowest BCUT2D eigenvalue weighted by molar-refractivity contribution is 0.0845. The second kappa shape index (κ2) is 6.24. The lowest BCUT2D eigenvalue weighted by Crippen LogP contribution is -2.25. The van der Waals surface area contributed by atoms with Crippen LogP contribution in [0.3, 0.4) is 0 Å². The Morgan fingerprint density at radius 2 is 2.00 bits per heavy atom. The van der Waals surface area contributed by atoms with Gasteiger partial charge in [-0.05, 0) is 36.8 Å². The van der Waals surface area contributed by atoms with Crippen molar-refractivity contribution in [3.8, 4) is 5.75 Å². The van der Waals surface area contributed by atoms with Gasteiger partial charge in [-0.15, -0.1) is 0 Å². The van der Waals surface area contributed by atoms with Gasteiger partial charge in [0.2, 0.25) is 0 Å². The molecule has 2 heteroatoms. The van der Waals surface area contributed by atoms with Crippen molar-refractivity contribution in [1.29, 1.82) is 0 Å². The highest BCUT2D eigenvalue weighted by molar-refractivity contribution is 5.41. The van der Waals surface area contributed by atoms with Crippen molar-refractivity contribution in [2.75, 3.05) is 7.11 Å². The summed E-state index contributed by atoms with van der Waals surface area (Å²) in [4.78, 5) is 0. The molecule has 0 bridgehead atoms. The maximum absolute atomic E-state index is 10.4. The zero-order chi connectivity index (χ0) is 13.0. The molecule has 0 amide bonds. The molecule has 1 aromatic carbocycles. The molecular formula is C16H24O2. The molecule has 0 aliphatic heterocycles. The van der Waals surface area contributed by atoms with Crippen LogP contribution in [-0.4, -0.2) is 18.3 Å². The van der Waals surface area contributed by atoms with E-state index in [1.165, 1.54) is 32.1 Å². The summed E-state index contributed by atoms with van der Waals surface area (Å²) in [6.07, 6.45) is 6.72. The van der Waals surface area contributed by atoms with E-state index in [2.05, 4.69) is 19.1 Å². The minimum Gasteiger partial charge on any atom is -0.496 e. The van der Waals surface area contributed by atoms with Gasteiger partial charge in [0.15, 0.2) is 0 Å². The van der Waals surface area contributed by atoms with Gasteiger partial charge in [-0.1, -0.05) is 37.5 Å². The molecule has 0 saturated heterocycles. The van der Waals surface area contributed by atoms with E-state index in [4.69, 9.17) is 4.74 Å². The monoisotopic (exact) mass is 248 g/mol. The fraction of sp³-hybridized carbons (Fsp3) is 0.625. The molecule has 0 aromatic heterocycles. The molecule has 1 aliphatic rings. The van der Waals surface area contributed by atoms with E-state index in [1.54, 1.807) is 7.11 Å². The van der Waals surface area contributed by atoms with Crippen LogP contribution in [0.2, 0.25) is 0 Å². The third-order valence-electron chi connectivity index (χ3n) is 4.12. The van der Waals surface area contributed by atoms with Crippen molar-refractivity contribution in [3.05, 3.63) is 29.3 Å². The molecule has 18 heavy (non-hydrogen) atoms. The first-order valence-corrected chi connectivity index (χ1v) is 7.03. The number of aryl methyl sites for hydroxylation is 1. The van der Waals surface area contributed by atoms with Crippen molar-refractivity contribution >= 4 is 0 Å². The molecule has 100 valence electrons. The second-order valence-corrected chi connectivity index (χ2v) is 5.44. The van der Waals surface area contributed by atoms with E-state index in [-0.39, 0.29) is 6.10 Å². The topological polar surface area (TPSA) is 29.5 Å². The fourth-order valence-corrected chi connectivity index (χ4v) is 3.08. The predicted molar refractivity (Wildman–Crippen MR) is 74.0 cm³/mol. The molecule has 2 rings (SSSR count). The van der Waals surface area contributed by atoms with Gasteiger partial charge < -0.3 is 9.84 Å². The Labute approximate surface area is 110 Å². The summed E-state index contributed by atoms with van der Waals surface area (Å²) in [5.41, 5.74) is 2.28. The number of benzene rings is 1. The highest BCUT2D eigenvalue weighted by Gasteiger charge is 2.23. The van der Waals surface area contributed by atoms with Crippen LogP contribution in [0, 0.1) is 12.8 Å². The van der Waals surface area contributed by atoms with Gasteiger partial charge in [0.1, 0.15) is 5.75 Å². The molecule has 0 unspecified atom stereocenters. The number of methoxy groups -OCH3 is 1. The Balaban J connectivity index is 2.06. The Kier molecular flexibility index (Phi) is 4.65. The highest BCUT2D eigenvalue weighted by atomic mass is 16.5. The Morgan fingerprint density at radius 3 is 2.67 bits per heavy atom. The number of hydrogen-bond acceptors (Lipinski definition) is 2. The Bertz CT molecular complexity index is 381. The van der Waals surface area contributed by atoms with Gasteiger partial charge >= 0.3 is 0 Å². The lowest BCUT2D eigenvalue weighted by Gasteiger charge is -2.27. The zero-order valence-electron chi connectivity index (χ0n) is 11.5. The minimum absolute atomic E-state index is 0.221. The molecule has 0 heterocycles. The molecule has 1 fully saturated rings. The van der Waals surface area contributed by atoms with Gasteiger partial charge in [-0.2, -0.15) is 0 Å². The first kappa shape index (κ1) is 13.4. The fourth-order valence-electron chi connectivity index (χ4n) is 3.08. The molecule has 0 radical (unpaired) electrons. The molecule has 0 spiro atoms. The van der Waals surface area contributed by atoms with Crippen molar-refractivity contribution in [2.45, 2.75) is 51.6 Å². The van der Waals surface area contributed by atoms with E-state index >= 15 is 0 Å². The molecule has 1 saturated carbocycles. The number of para-hydroxylation sites is 1. The van der Waals surface area contributed by atoms with Crippen LogP contribution in [0.4, 0.5) is 0 Å². The average molecular weight is 248 g/mol. The van der Waals surface area contributed by atoms with Crippen molar-refractivity contribution in [1.82, 2.24) is 0 Å². The molecule has 1 N–H and O–H groups in total. The maximum atomic E-state index is 10.4. The van der Waals surface area contributed by atoms with E-state index in [1.807, 2.05) is 6.07 Å². The predicted octanol–water partition coefficient (Wildman–Crippen LogP) is 3.49. The van der Waals surface area contributed by atoms with Crippen LogP contribution in [-0.2, 0) is 6.42 Å². The van der Waals surface area contributed by atoms with Crippen LogP contribution < -0.4 is 4.74 Å². The number of aliphatic hydroxyl groups is 1. The number of rotatable bonds is 4. The normalized spacial score (nSPS) is 18.6. The standard InChI is InChI=1S/C16H24O2/c1-12-7-6-10-14(16(12)18-2)11-15(17)13-8-4-3-5-9-13/h6-7,10,13,15,17H,3-5,8-9,11H2,1-2H3/t15-/m0/s1. The van der Waals surface area contributed by atoms with Crippen LogP contribution in [0.5, 0.6) is 5.75 Å². The SMILES string of the molecule is COc1c(C)cccc1C[C@H](O)C1CCCCC1. The summed E-state index contributed by atoms with van der Waals surface area (Å²) in [5, 5.41) is 10.4. The molecule has 2 nitrogen and oxygen atoms in total. The zero-order valence-corrected chi connectivity index (χ0v) is 11.5.